The lowest BCUT2D eigenvalue weighted by Gasteiger charge is -2.00. The molecule has 24 heavy (non-hydrogen) atoms. The van der Waals surface area contributed by atoms with Gasteiger partial charge in [-0.3, -0.25) is 4.79 Å². The SMILES string of the molecule is Cc1ccc(CCC(=O)Nc2ncc(Cc3ccc(Br)cc3)s2)o1. The van der Waals surface area contributed by atoms with Crippen molar-refractivity contribution in [3.05, 3.63) is 69.0 Å². The summed E-state index contributed by atoms with van der Waals surface area (Å²) in [6.07, 6.45) is 3.61. The summed E-state index contributed by atoms with van der Waals surface area (Å²) in [5.41, 5.74) is 1.22. The van der Waals surface area contributed by atoms with Crippen molar-refractivity contribution in [2.24, 2.45) is 0 Å². The maximum atomic E-state index is 12.0. The Morgan fingerprint density at radius 1 is 1.25 bits per heavy atom. The minimum atomic E-state index is -0.0476. The van der Waals surface area contributed by atoms with E-state index < -0.39 is 0 Å². The van der Waals surface area contributed by atoms with Crippen LogP contribution < -0.4 is 5.32 Å². The lowest BCUT2D eigenvalue weighted by molar-refractivity contribution is -0.116. The monoisotopic (exact) mass is 404 g/mol. The molecule has 124 valence electrons. The Balaban J connectivity index is 1.51. The van der Waals surface area contributed by atoms with Crippen LogP contribution in [0, 0.1) is 6.92 Å². The van der Waals surface area contributed by atoms with Gasteiger partial charge in [-0.05, 0) is 36.8 Å². The fourth-order valence-electron chi connectivity index (χ4n) is 2.29. The zero-order chi connectivity index (χ0) is 16.9. The third kappa shape index (κ3) is 4.79. The number of benzene rings is 1. The molecule has 1 aromatic carbocycles. The second kappa shape index (κ2) is 7.77. The number of hydrogen-bond donors (Lipinski definition) is 1. The molecule has 0 aliphatic rings. The lowest BCUT2D eigenvalue weighted by atomic mass is 10.1. The number of aromatic nitrogens is 1. The van der Waals surface area contributed by atoms with Crippen LogP contribution in [0.15, 0.2) is 51.5 Å². The van der Waals surface area contributed by atoms with Gasteiger partial charge in [-0.25, -0.2) is 4.98 Å². The molecule has 1 amide bonds. The Bertz CT molecular complexity index is 824. The predicted octanol–water partition coefficient (Wildman–Crippen LogP) is 4.97. The first kappa shape index (κ1) is 16.9. The first-order valence-electron chi connectivity index (χ1n) is 7.63. The third-order valence-electron chi connectivity index (χ3n) is 3.49. The second-order valence-electron chi connectivity index (χ2n) is 5.50. The number of amides is 1. The van der Waals surface area contributed by atoms with Gasteiger partial charge >= 0.3 is 0 Å². The molecule has 0 fully saturated rings. The molecule has 3 aromatic rings. The van der Waals surface area contributed by atoms with Gasteiger partial charge in [0.15, 0.2) is 5.13 Å². The number of furan rings is 1. The van der Waals surface area contributed by atoms with Gasteiger partial charge < -0.3 is 9.73 Å². The molecule has 2 aromatic heterocycles. The Kier molecular flexibility index (Phi) is 5.48. The van der Waals surface area contributed by atoms with Crippen LogP contribution in [-0.2, 0) is 17.6 Å². The molecule has 6 heteroatoms. The minimum absolute atomic E-state index is 0.0476. The average molecular weight is 405 g/mol. The van der Waals surface area contributed by atoms with Crippen molar-refractivity contribution >= 4 is 38.3 Å². The summed E-state index contributed by atoms with van der Waals surface area (Å²) in [6, 6.07) is 12.0. The van der Waals surface area contributed by atoms with Crippen LogP contribution in [0.2, 0.25) is 0 Å². The number of halogens is 1. The van der Waals surface area contributed by atoms with Crippen LogP contribution in [0.5, 0.6) is 0 Å². The summed E-state index contributed by atoms with van der Waals surface area (Å²) in [5.74, 6) is 1.65. The van der Waals surface area contributed by atoms with Crippen LogP contribution >= 0.6 is 27.3 Å². The van der Waals surface area contributed by atoms with Gasteiger partial charge in [0.1, 0.15) is 11.5 Å². The Hall–Kier alpha value is -1.92. The Labute approximate surface area is 153 Å². The first-order valence-corrected chi connectivity index (χ1v) is 9.24. The van der Waals surface area contributed by atoms with Gasteiger partial charge in [0.05, 0.1) is 0 Å². The van der Waals surface area contributed by atoms with Gasteiger partial charge in [0.2, 0.25) is 5.91 Å². The van der Waals surface area contributed by atoms with Crippen molar-refractivity contribution in [1.82, 2.24) is 4.98 Å². The highest BCUT2D eigenvalue weighted by atomic mass is 79.9. The van der Waals surface area contributed by atoms with Crippen LogP contribution in [0.25, 0.3) is 0 Å². The largest absolute Gasteiger partial charge is 0.466 e. The van der Waals surface area contributed by atoms with Crippen molar-refractivity contribution in [3.8, 4) is 0 Å². The number of thiazole rings is 1. The van der Waals surface area contributed by atoms with Gasteiger partial charge in [0.25, 0.3) is 0 Å². The maximum absolute atomic E-state index is 12.0. The molecule has 4 nitrogen and oxygen atoms in total. The molecule has 0 spiro atoms. The molecule has 0 saturated carbocycles. The standard InChI is InChI=1S/C18H17BrN2O2S/c1-12-2-7-15(23-12)8-9-17(22)21-18-20-11-16(24-18)10-13-3-5-14(19)6-4-13/h2-7,11H,8-10H2,1H3,(H,20,21,22). The number of anilines is 1. The molecule has 2 heterocycles. The van der Waals surface area contributed by atoms with E-state index in [1.165, 1.54) is 16.9 Å². The second-order valence-corrected chi connectivity index (χ2v) is 7.53. The topological polar surface area (TPSA) is 55.1 Å². The highest BCUT2D eigenvalue weighted by Gasteiger charge is 2.09. The average Bonchev–Trinajstić information content (AvgIpc) is 3.17. The Morgan fingerprint density at radius 2 is 2.04 bits per heavy atom. The molecular formula is C18H17BrN2O2S. The van der Waals surface area contributed by atoms with Crippen molar-refractivity contribution in [3.63, 3.8) is 0 Å². The molecule has 1 N–H and O–H groups in total. The van der Waals surface area contributed by atoms with Crippen molar-refractivity contribution in [2.75, 3.05) is 5.32 Å². The zero-order valence-electron chi connectivity index (χ0n) is 13.2. The number of aryl methyl sites for hydroxylation is 2. The van der Waals surface area contributed by atoms with Gasteiger partial charge in [-0.1, -0.05) is 28.1 Å². The number of carbonyl (C=O) groups is 1. The van der Waals surface area contributed by atoms with Gasteiger partial charge in [-0.2, -0.15) is 0 Å². The first-order chi connectivity index (χ1) is 11.6. The van der Waals surface area contributed by atoms with Gasteiger partial charge in [0, 0.05) is 34.8 Å². The highest BCUT2D eigenvalue weighted by molar-refractivity contribution is 9.10. The molecule has 3 rings (SSSR count). The van der Waals surface area contributed by atoms with E-state index in [2.05, 4.69) is 38.4 Å². The molecule has 0 unspecified atom stereocenters. The van der Waals surface area contributed by atoms with E-state index in [4.69, 9.17) is 4.42 Å². The van der Waals surface area contributed by atoms with Crippen LogP contribution in [0.4, 0.5) is 5.13 Å². The fraction of sp³-hybridized carbons (Fsp3) is 0.222. The minimum Gasteiger partial charge on any atom is -0.466 e. The quantitative estimate of drug-likeness (QED) is 0.630. The van der Waals surface area contributed by atoms with E-state index in [0.29, 0.717) is 18.0 Å². The van der Waals surface area contributed by atoms with Crippen LogP contribution in [0.1, 0.15) is 28.4 Å². The number of nitrogens with one attached hydrogen (secondary N) is 1. The van der Waals surface area contributed by atoms with Crippen molar-refractivity contribution < 1.29 is 9.21 Å². The molecular weight excluding hydrogens is 388 g/mol. The summed E-state index contributed by atoms with van der Waals surface area (Å²) in [7, 11) is 0. The number of rotatable bonds is 6. The molecule has 0 aliphatic heterocycles. The number of nitrogens with zero attached hydrogens (tertiary/aromatic N) is 1. The summed E-state index contributed by atoms with van der Waals surface area (Å²) in [6.45, 7) is 1.89. The summed E-state index contributed by atoms with van der Waals surface area (Å²) in [5, 5.41) is 3.49. The molecule has 0 atom stereocenters. The summed E-state index contributed by atoms with van der Waals surface area (Å²) < 4.78 is 6.53. The van der Waals surface area contributed by atoms with Crippen molar-refractivity contribution in [1.29, 1.82) is 0 Å². The Morgan fingerprint density at radius 3 is 2.75 bits per heavy atom. The number of hydrogen-bond acceptors (Lipinski definition) is 4. The van der Waals surface area contributed by atoms with E-state index in [-0.39, 0.29) is 5.91 Å². The molecule has 0 bridgehead atoms. The molecule has 0 saturated heterocycles. The molecule has 0 aliphatic carbocycles. The van der Waals surface area contributed by atoms with E-state index in [1.807, 2.05) is 37.4 Å². The van der Waals surface area contributed by atoms with E-state index in [1.54, 1.807) is 0 Å². The lowest BCUT2D eigenvalue weighted by Crippen LogP contribution is -2.11. The maximum Gasteiger partial charge on any atom is 0.226 e. The smallest absolute Gasteiger partial charge is 0.226 e. The van der Waals surface area contributed by atoms with Crippen molar-refractivity contribution in [2.45, 2.75) is 26.2 Å². The van der Waals surface area contributed by atoms with Crippen LogP contribution in [0.3, 0.4) is 0 Å². The normalized spacial score (nSPS) is 10.8. The van der Waals surface area contributed by atoms with E-state index in [9.17, 15) is 4.79 Å². The third-order valence-corrected chi connectivity index (χ3v) is 4.93. The number of carbonyl (C=O) groups excluding carboxylic acids is 1. The zero-order valence-corrected chi connectivity index (χ0v) is 15.6. The highest BCUT2D eigenvalue weighted by Crippen LogP contribution is 2.22. The van der Waals surface area contributed by atoms with E-state index in [0.717, 1.165) is 27.3 Å². The summed E-state index contributed by atoms with van der Waals surface area (Å²) in [4.78, 5) is 17.4. The molecule has 0 radical (unpaired) electrons. The predicted molar refractivity (Wildman–Crippen MR) is 99.5 cm³/mol. The van der Waals surface area contributed by atoms with Gasteiger partial charge in [-0.15, -0.1) is 11.3 Å². The van der Waals surface area contributed by atoms with Crippen LogP contribution in [-0.4, -0.2) is 10.9 Å². The fourth-order valence-corrected chi connectivity index (χ4v) is 3.42. The van der Waals surface area contributed by atoms with E-state index >= 15 is 0 Å². The summed E-state index contributed by atoms with van der Waals surface area (Å²) >= 11 is 4.94.